The summed E-state index contributed by atoms with van der Waals surface area (Å²) in [6.45, 7) is 2.73. The van der Waals surface area contributed by atoms with Crippen LogP contribution in [0.5, 0.6) is 0 Å². The third kappa shape index (κ3) is 4.00. The van der Waals surface area contributed by atoms with E-state index < -0.39 is 36.2 Å². The maximum Gasteiger partial charge on any atom is 0.349 e. The van der Waals surface area contributed by atoms with Gasteiger partial charge in [0.25, 0.3) is 5.56 Å². The number of aromatic amines is 1. The van der Waals surface area contributed by atoms with Crippen LogP contribution in [0.3, 0.4) is 0 Å². The second kappa shape index (κ2) is 8.48. The SMILES string of the molecule is Cc1cc2nc3c(=O)[nH]c(=O)nc-3n(C[C@H](O)[C@H](O)[C@H](O)CO)c2cc1C.[Mn]. The zero-order valence-corrected chi connectivity index (χ0v) is 16.3. The molecule has 0 spiro atoms. The molecule has 1 aromatic rings. The predicted octanol–water partition coefficient (Wildman–Crippen LogP) is -1.73. The molecule has 28 heavy (non-hydrogen) atoms. The molecule has 5 N–H and O–H groups in total. The molecule has 2 aliphatic rings. The fourth-order valence-corrected chi connectivity index (χ4v) is 2.89. The summed E-state index contributed by atoms with van der Waals surface area (Å²) < 4.78 is 1.40. The average Bonchev–Trinajstić information content (AvgIpc) is 2.62. The van der Waals surface area contributed by atoms with E-state index in [1.165, 1.54) is 4.57 Å². The molecule has 0 fully saturated rings. The van der Waals surface area contributed by atoms with Crippen molar-refractivity contribution in [3.05, 3.63) is 44.1 Å². The Morgan fingerprint density at radius 1 is 1.07 bits per heavy atom. The van der Waals surface area contributed by atoms with Crippen molar-refractivity contribution < 1.29 is 37.5 Å². The molecule has 1 radical (unpaired) electrons. The Morgan fingerprint density at radius 3 is 2.36 bits per heavy atom. The van der Waals surface area contributed by atoms with E-state index in [4.69, 9.17) is 5.11 Å². The van der Waals surface area contributed by atoms with Gasteiger partial charge in [-0.15, -0.1) is 0 Å². The quantitative estimate of drug-likeness (QED) is 0.235. The number of H-pyrrole nitrogens is 1. The summed E-state index contributed by atoms with van der Waals surface area (Å²) in [6.07, 6.45) is -4.68. The summed E-state index contributed by atoms with van der Waals surface area (Å²) in [7, 11) is 0. The van der Waals surface area contributed by atoms with Crippen LogP contribution in [-0.4, -0.2) is 64.9 Å². The fraction of sp³-hybridized carbons (Fsp3) is 0.412. The Labute approximate surface area is 169 Å². The van der Waals surface area contributed by atoms with Crippen molar-refractivity contribution in [3.8, 4) is 11.5 Å². The number of nitrogens with one attached hydrogen (secondary N) is 1. The van der Waals surface area contributed by atoms with Crippen LogP contribution >= 0.6 is 0 Å². The second-order valence-corrected chi connectivity index (χ2v) is 6.50. The zero-order chi connectivity index (χ0) is 19.9. The molecule has 0 unspecified atom stereocenters. The second-order valence-electron chi connectivity index (χ2n) is 6.50. The van der Waals surface area contributed by atoms with Gasteiger partial charge in [-0.1, -0.05) is 0 Å². The van der Waals surface area contributed by atoms with Gasteiger partial charge in [0.1, 0.15) is 18.3 Å². The van der Waals surface area contributed by atoms with Crippen LogP contribution in [0.25, 0.3) is 22.6 Å². The van der Waals surface area contributed by atoms with Gasteiger partial charge in [-0.05, 0) is 37.1 Å². The molecule has 0 bridgehead atoms. The Hall–Kier alpha value is -2.14. The monoisotopic (exact) mass is 431 g/mol. The summed E-state index contributed by atoms with van der Waals surface area (Å²) in [6, 6.07) is 3.53. The maximum absolute atomic E-state index is 12.2. The Bertz CT molecular complexity index is 1080. The van der Waals surface area contributed by atoms with E-state index in [0.717, 1.165) is 11.1 Å². The Balaban J connectivity index is 0.00000280. The minimum absolute atomic E-state index is 0. The van der Waals surface area contributed by atoms with Crippen molar-refractivity contribution in [2.45, 2.75) is 38.7 Å². The third-order valence-electron chi connectivity index (χ3n) is 4.57. The number of hydrogen-bond acceptors (Lipinski definition) is 8. The van der Waals surface area contributed by atoms with Crippen LogP contribution in [-0.2, 0) is 23.6 Å². The molecule has 1 aromatic carbocycles. The number of rotatable bonds is 5. The Kier molecular flexibility index (Phi) is 6.71. The van der Waals surface area contributed by atoms with Crippen molar-refractivity contribution in [2.24, 2.45) is 0 Å². The molecule has 2 heterocycles. The van der Waals surface area contributed by atoms with E-state index in [0.29, 0.717) is 11.0 Å². The molecular formula is C17H20MnN4O6. The number of aromatic nitrogens is 4. The normalized spacial score (nSPS) is 14.6. The molecule has 11 heteroatoms. The standard InChI is InChI=1S/C17H20N4O6.Mn/c1-7-3-9-10(4-8(7)2)21(5-11(23)14(25)12(24)6-22)15-13(18-9)16(26)20-17(27)19-15;/h3-4,11-12,14,22-25H,5-6H2,1-2H3,(H,20,26,27);/t11-,12+,14-;/m0./s1. The van der Waals surface area contributed by atoms with Crippen molar-refractivity contribution in [2.75, 3.05) is 6.61 Å². The van der Waals surface area contributed by atoms with E-state index in [1.807, 2.05) is 13.8 Å². The topological polar surface area (TPSA) is 162 Å². The predicted molar refractivity (Wildman–Crippen MR) is 95.6 cm³/mol. The molecule has 0 aromatic heterocycles. The van der Waals surface area contributed by atoms with Crippen LogP contribution in [0.1, 0.15) is 11.1 Å². The maximum atomic E-state index is 12.2. The summed E-state index contributed by atoms with van der Waals surface area (Å²) >= 11 is 0. The fourth-order valence-electron chi connectivity index (χ4n) is 2.89. The number of hydrogen-bond donors (Lipinski definition) is 5. The van der Waals surface area contributed by atoms with Crippen molar-refractivity contribution in [3.63, 3.8) is 0 Å². The molecule has 0 saturated heterocycles. The Morgan fingerprint density at radius 2 is 1.71 bits per heavy atom. The number of fused-ring (bicyclic) bond motifs is 2. The van der Waals surface area contributed by atoms with Gasteiger partial charge in [0.2, 0.25) is 0 Å². The number of aliphatic hydroxyl groups excluding tert-OH is 4. The minimum Gasteiger partial charge on any atom is -0.394 e. The third-order valence-corrected chi connectivity index (χ3v) is 4.57. The summed E-state index contributed by atoms with van der Waals surface area (Å²) in [5, 5.41) is 38.8. The number of nitrogens with zero attached hydrogens (tertiary/aromatic N) is 3. The number of benzene rings is 1. The van der Waals surface area contributed by atoms with Crippen molar-refractivity contribution in [1.82, 2.24) is 19.5 Å². The van der Waals surface area contributed by atoms with E-state index in [1.54, 1.807) is 12.1 Å². The van der Waals surface area contributed by atoms with Crippen LogP contribution in [0.15, 0.2) is 21.7 Å². The van der Waals surface area contributed by atoms with E-state index in [9.17, 15) is 24.9 Å². The summed E-state index contributed by atoms with van der Waals surface area (Å²) in [4.78, 5) is 34.0. The van der Waals surface area contributed by atoms with E-state index >= 15 is 0 Å². The van der Waals surface area contributed by atoms with Gasteiger partial charge in [0, 0.05) is 17.1 Å². The van der Waals surface area contributed by atoms with Gasteiger partial charge in [-0.3, -0.25) is 9.78 Å². The first-order valence-electron chi connectivity index (χ1n) is 8.29. The van der Waals surface area contributed by atoms with Crippen LogP contribution < -0.4 is 11.2 Å². The van der Waals surface area contributed by atoms with Gasteiger partial charge in [-0.25, -0.2) is 9.78 Å². The first kappa shape index (κ1) is 22.2. The number of aryl methyl sites for hydroxylation is 2. The van der Waals surface area contributed by atoms with Crippen molar-refractivity contribution >= 4 is 11.0 Å². The largest absolute Gasteiger partial charge is 0.394 e. The first-order valence-corrected chi connectivity index (χ1v) is 8.29. The molecule has 0 amide bonds. The van der Waals surface area contributed by atoms with Crippen LogP contribution in [0, 0.1) is 13.8 Å². The molecule has 3 rings (SSSR count). The minimum atomic E-state index is -1.64. The first-order chi connectivity index (χ1) is 12.7. The van der Waals surface area contributed by atoms with Crippen molar-refractivity contribution in [1.29, 1.82) is 0 Å². The van der Waals surface area contributed by atoms with E-state index in [2.05, 4.69) is 15.0 Å². The number of aliphatic hydroxyl groups is 4. The molecule has 10 nitrogen and oxygen atoms in total. The molecular weight excluding hydrogens is 411 g/mol. The summed E-state index contributed by atoms with van der Waals surface area (Å²) in [5.41, 5.74) is 1.11. The van der Waals surface area contributed by atoms with Crippen LogP contribution in [0.4, 0.5) is 0 Å². The van der Waals surface area contributed by atoms with Gasteiger partial charge in [0.05, 0.1) is 24.2 Å². The molecule has 3 atom stereocenters. The molecule has 151 valence electrons. The van der Waals surface area contributed by atoms with Gasteiger partial charge in [-0.2, -0.15) is 4.98 Å². The molecule has 2 aliphatic heterocycles. The molecule has 0 aliphatic carbocycles. The van der Waals surface area contributed by atoms with Gasteiger partial charge < -0.3 is 25.0 Å². The smallest absolute Gasteiger partial charge is 0.349 e. The van der Waals surface area contributed by atoms with Gasteiger partial charge in [0.15, 0.2) is 11.5 Å². The van der Waals surface area contributed by atoms with Gasteiger partial charge >= 0.3 is 5.69 Å². The van der Waals surface area contributed by atoms with E-state index in [-0.39, 0.29) is 35.1 Å². The van der Waals surface area contributed by atoms with Crippen LogP contribution in [0.2, 0.25) is 0 Å². The zero-order valence-electron chi connectivity index (χ0n) is 15.1. The average molecular weight is 431 g/mol. The molecule has 0 saturated carbocycles. The summed E-state index contributed by atoms with van der Waals surface area (Å²) in [5.74, 6) is -0.0516.